The van der Waals surface area contributed by atoms with E-state index in [9.17, 15) is 22.0 Å². The average molecular weight is 367 g/mol. The number of hydrazone groups is 1. The predicted octanol–water partition coefficient (Wildman–Crippen LogP) is 1.88. The van der Waals surface area contributed by atoms with Gasteiger partial charge in [0.2, 0.25) is 10.0 Å². The number of nitrogens with zero attached hydrogens (tertiary/aromatic N) is 2. The second kappa shape index (κ2) is 7.84. The molecule has 1 amide bonds. The number of anilines is 1. The van der Waals surface area contributed by atoms with Gasteiger partial charge in [0.1, 0.15) is 18.2 Å². The molecule has 2 aromatic rings. The highest BCUT2D eigenvalue weighted by molar-refractivity contribution is 7.92. The second-order valence-electron chi connectivity index (χ2n) is 5.09. The van der Waals surface area contributed by atoms with Crippen LogP contribution in [0.3, 0.4) is 0 Å². The van der Waals surface area contributed by atoms with E-state index < -0.39 is 34.1 Å². The lowest BCUT2D eigenvalue weighted by Gasteiger charge is -2.21. The van der Waals surface area contributed by atoms with E-state index in [0.717, 1.165) is 22.7 Å². The van der Waals surface area contributed by atoms with Gasteiger partial charge in [-0.1, -0.05) is 18.2 Å². The largest absolute Gasteiger partial charge is 0.271 e. The minimum absolute atomic E-state index is 0.0279. The van der Waals surface area contributed by atoms with E-state index in [4.69, 9.17) is 0 Å². The van der Waals surface area contributed by atoms with Crippen molar-refractivity contribution in [2.24, 2.45) is 5.10 Å². The van der Waals surface area contributed by atoms with Crippen molar-refractivity contribution in [1.82, 2.24) is 5.43 Å². The number of sulfonamides is 1. The smallest absolute Gasteiger partial charge is 0.260 e. The first kappa shape index (κ1) is 18.5. The molecule has 0 aliphatic carbocycles. The van der Waals surface area contributed by atoms with E-state index in [1.54, 1.807) is 0 Å². The van der Waals surface area contributed by atoms with Gasteiger partial charge in [0, 0.05) is 0 Å². The first-order valence-electron chi connectivity index (χ1n) is 7.06. The molecule has 1 N–H and O–H groups in total. The Bertz CT molecular complexity index is 884. The van der Waals surface area contributed by atoms with Crippen LogP contribution in [0, 0.1) is 11.6 Å². The Hall–Kier alpha value is -2.81. The Morgan fingerprint density at radius 1 is 1.16 bits per heavy atom. The molecule has 0 fully saturated rings. The van der Waals surface area contributed by atoms with Crippen molar-refractivity contribution in [2.45, 2.75) is 0 Å². The Morgan fingerprint density at radius 3 is 2.44 bits per heavy atom. The van der Waals surface area contributed by atoms with Gasteiger partial charge < -0.3 is 0 Å². The summed E-state index contributed by atoms with van der Waals surface area (Å²) in [5, 5.41) is 3.67. The van der Waals surface area contributed by atoms with Gasteiger partial charge in [-0.3, -0.25) is 9.10 Å². The molecular formula is C16H15F2N3O3S. The molecule has 0 radical (unpaired) electrons. The normalized spacial score (nSPS) is 11.5. The number of amides is 1. The minimum atomic E-state index is -3.80. The molecule has 9 heteroatoms. The van der Waals surface area contributed by atoms with Gasteiger partial charge >= 0.3 is 0 Å². The maximum absolute atomic E-state index is 13.3. The summed E-state index contributed by atoms with van der Waals surface area (Å²) in [6.45, 7) is -0.566. The van der Waals surface area contributed by atoms with Crippen molar-refractivity contribution in [3.8, 4) is 0 Å². The second-order valence-corrected chi connectivity index (χ2v) is 7.00. The van der Waals surface area contributed by atoms with Crippen molar-refractivity contribution in [3.05, 3.63) is 65.7 Å². The van der Waals surface area contributed by atoms with Crippen molar-refractivity contribution < 1.29 is 22.0 Å². The summed E-state index contributed by atoms with van der Waals surface area (Å²) in [7, 11) is -3.80. The number of hydrogen-bond acceptors (Lipinski definition) is 4. The molecule has 0 spiro atoms. The van der Waals surface area contributed by atoms with Crippen LogP contribution in [-0.4, -0.2) is 33.3 Å². The van der Waals surface area contributed by atoms with Gasteiger partial charge in [-0.25, -0.2) is 22.6 Å². The fourth-order valence-electron chi connectivity index (χ4n) is 1.92. The molecular weight excluding hydrogens is 352 g/mol. The van der Waals surface area contributed by atoms with Crippen molar-refractivity contribution in [1.29, 1.82) is 0 Å². The van der Waals surface area contributed by atoms with Gasteiger partial charge in [0.05, 0.1) is 18.2 Å². The third-order valence-corrected chi connectivity index (χ3v) is 4.20. The lowest BCUT2D eigenvalue weighted by atomic mass is 10.2. The van der Waals surface area contributed by atoms with Crippen LogP contribution < -0.4 is 9.73 Å². The summed E-state index contributed by atoms with van der Waals surface area (Å²) in [5.41, 5.74) is 2.75. The highest BCUT2D eigenvalue weighted by Crippen LogP contribution is 2.18. The van der Waals surface area contributed by atoms with Crippen LogP contribution in [0.25, 0.3) is 0 Å². The molecule has 0 heterocycles. The monoisotopic (exact) mass is 367 g/mol. The zero-order valence-electron chi connectivity index (χ0n) is 13.2. The number of carbonyl (C=O) groups excluding carboxylic acids is 1. The zero-order chi connectivity index (χ0) is 18.4. The van der Waals surface area contributed by atoms with Crippen LogP contribution in [-0.2, 0) is 14.8 Å². The van der Waals surface area contributed by atoms with Gasteiger partial charge in [-0.2, -0.15) is 5.10 Å². The topological polar surface area (TPSA) is 78.8 Å². The summed E-state index contributed by atoms with van der Waals surface area (Å²) in [6.07, 6.45) is 2.19. The molecule has 0 unspecified atom stereocenters. The standard InChI is InChI=1S/C16H15F2N3O3S/c1-25(23,24)21(15-4-2-3-14(18)9-15)11-16(22)20-19-10-12-5-7-13(17)8-6-12/h2-10H,11H2,1H3,(H,20,22)/b19-10+. The Kier molecular flexibility index (Phi) is 5.81. The fraction of sp³-hybridized carbons (Fsp3) is 0.125. The van der Waals surface area contributed by atoms with Gasteiger partial charge in [0.15, 0.2) is 0 Å². The first-order valence-corrected chi connectivity index (χ1v) is 8.91. The van der Waals surface area contributed by atoms with Crippen molar-refractivity contribution in [2.75, 3.05) is 17.1 Å². The Labute approximate surface area is 143 Å². The van der Waals surface area contributed by atoms with Gasteiger partial charge in [0.25, 0.3) is 5.91 Å². The molecule has 0 aliphatic rings. The van der Waals surface area contributed by atoms with E-state index in [1.807, 2.05) is 0 Å². The minimum Gasteiger partial charge on any atom is -0.271 e. The van der Waals surface area contributed by atoms with Gasteiger partial charge in [-0.05, 0) is 35.9 Å². The fourth-order valence-corrected chi connectivity index (χ4v) is 2.77. The number of rotatable bonds is 6. The maximum Gasteiger partial charge on any atom is 0.260 e. The summed E-state index contributed by atoms with van der Waals surface area (Å²) < 4.78 is 50.6. The summed E-state index contributed by atoms with van der Waals surface area (Å²) in [4.78, 5) is 11.9. The lowest BCUT2D eigenvalue weighted by molar-refractivity contribution is -0.119. The number of benzene rings is 2. The molecule has 0 aromatic heterocycles. The van der Waals surface area contributed by atoms with Crippen LogP contribution >= 0.6 is 0 Å². The Morgan fingerprint density at radius 2 is 1.84 bits per heavy atom. The number of hydrogen-bond donors (Lipinski definition) is 1. The summed E-state index contributed by atoms with van der Waals surface area (Å²) in [5.74, 6) is -1.74. The van der Waals surface area contributed by atoms with Crippen LogP contribution in [0.5, 0.6) is 0 Å². The van der Waals surface area contributed by atoms with E-state index in [1.165, 1.54) is 42.6 Å². The van der Waals surface area contributed by atoms with Crippen molar-refractivity contribution in [3.63, 3.8) is 0 Å². The molecule has 0 saturated heterocycles. The van der Waals surface area contributed by atoms with E-state index in [-0.39, 0.29) is 5.69 Å². The third kappa shape index (κ3) is 5.64. The molecule has 0 atom stereocenters. The summed E-state index contributed by atoms with van der Waals surface area (Å²) in [6, 6.07) is 10.3. The SMILES string of the molecule is CS(=O)(=O)N(CC(=O)N/N=C/c1ccc(F)cc1)c1cccc(F)c1. The molecule has 2 rings (SSSR count). The number of carbonyl (C=O) groups is 1. The molecule has 25 heavy (non-hydrogen) atoms. The highest BCUT2D eigenvalue weighted by Gasteiger charge is 2.21. The Balaban J connectivity index is 2.06. The average Bonchev–Trinajstić information content (AvgIpc) is 2.53. The molecule has 6 nitrogen and oxygen atoms in total. The van der Waals surface area contributed by atoms with Crippen LogP contribution in [0.2, 0.25) is 0 Å². The molecule has 0 bridgehead atoms. The van der Waals surface area contributed by atoms with E-state index in [0.29, 0.717) is 5.56 Å². The number of nitrogens with one attached hydrogen (secondary N) is 1. The molecule has 0 saturated carbocycles. The third-order valence-electron chi connectivity index (χ3n) is 3.06. The molecule has 0 aliphatic heterocycles. The van der Waals surface area contributed by atoms with Crippen LogP contribution in [0.4, 0.5) is 14.5 Å². The first-order chi connectivity index (χ1) is 11.8. The maximum atomic E-state index is 13.3. The van der Waals surface area contributed by atoms with Crippen LogP contribution in [0.1, 0.15) is 5.56 Å². The number of halogens is 2. The molecule has 132 valence electrons. The van der Waals surface area contributed by atoms with E-state index >= 15 is 0 Å². The van der Waals surface area contributed by atoms with Crippen molar-refractivity contribution >= 4 is 27.8 Å². The zero-order valence-corrected chi connectivity index (χ0v) is 14.0. The molecule has 2 aromatic carbocycles. The lowest BCUT2D eigenvalue weighted by Crippen LogP contribution is -2.39. The highest BCUT2D eigenvalue weighted by atomic mass is 32.2. The summed E-state index contributed by atoms with van der Waals surface area (Å²) >= 11 is 0. The predicted molar refractivity (Wildman–Crippen MR) is 90.7 cm³/mol. The quantitative estimate of drug-likeness (QED) is 0.625. The van der Waals surface area contributed by atoms with Gasteiger partial charge in [-0.15, -0.1) is 0 Å². The van der Waals surface area contributed by atoms with E-state index in [2.05, 4.69) is 10.5 Å². The van der Waals surface area contributed by atoms with Crippen LogP contribution in [0.15, 0.2) is 53.6 Å².